The molecule has 1 heteroatoms. The van der Waals surface area contributed by atoms with Gasteiger partial charge < -0.3 is 0 Å². The van der Waals surface area contributed by atoms with Crippen molar-refractivity contribution in [1.82, 2.24) is 0 Å². The molecule has 0 bridgehead atoms. The Morgan fingerprint density at radius 2 is 2.40 bits per heavy atom. The quantitative estimate of drug-likeness (QED) is 0.532. The van der Waals surface area contributed by atoms with Crippen LogP contribution in [0.1, 0.15) is 26.2 Å². The minimum atomic E-state index is 0.274. The predicted octanol–water partition coefficient (Wildman–Crippen LogP) is 2.24. The average Bonchev–Trinajstić information content (AvgIpc) is 2.13. The Morgan fingerprint density at radius 1 is 1.70 bits per heavy atom. The van der Waals surface area contributed by atoms with Crippen molar-refractivity contribution in [2.45, 2.75) is 26.2 Å². The highest BCUT2D eigenvalue weighted by atomic mass is 16.1. The first-order valence-corrected chi connectivity index (χ1v) is 3.55. The van der Waals surface area contributed by atoms with E-state index in [9.17, 15) is 4.79 Å². The van der Waals surface area contributed by atoms with Crippen molar-refractivity contribution in [1.29, 1.82) is 0 Å². The van der Waals surface area contributed by atoms with Gasteiger partial charge >= 0.3 is 0 Å². The number of carbonyl (C=O) groups excluding carboxylic acids is 1. The Kier molecular flexibility index (Phi) is 2.05. The van der Waals surface area contributed by atoms with Gasteiger partial charge in [0.2, 0.25) is 0 Å². The monoisotopic (exact) mass is 136 g/mol. The summed E-state index contributed by atoms with van der Waals surface area (Å²) < 4.78 is 0. The van der Waals surface area contributed by atoms with Crippen molar-refractivity contribution in [2.24, 2.45) is 0 Å². The maximum absolute atomic E-state index is 10.7. The average molecular weight is 136 g/mol. The van der Waals surface area contributed by atoms with Crippen molar-refractivity contribution in [3.05, 3.63) is 23.8 Å². The Bertz CT molecular complexity index is 199. The summed E-state index contributed by atoms with van der Waals surface area (Å²) in [6.07, 6.45) is 4.33. The summed E-state index contributed by atoms with van der Waals surface area (Å²) in [4.78, 5) is 10.7. The molecule has 1 aliphatic rings. The third-order valence-corrected chi connectivity index (χ3v) is 1.59. The molecular formula is C9H12O. The Morgan fingerprint density at radius 3 is 2.80 bits per heavy atom. The Labute approximate surface area is 61.4 Å². The summed E-state index contributed by atoms with van der Waals surface area (Å²) in [5.74, 6) is 0.274. The third kappa shape index (κ3) is 1.83. The van der Waals surface area contributed by atoms with E-state index in [1.165, 1.54) is 5.57 Å². The first-order valence-electron chi connectivity index (χ1n) is 3.55. The van der Waals surface area contributed by atoms with Crippen LogP contribution in [0.4, 0.5) is 0 Å². The molecule has 0 atom stereocenters. The van der Waals surface area contributed by atoms with E-state index in [0.29, 0.717) is 6.42 Å². The fourth-order valence-electron chi connectivity index (χ4n) is 1.18. The number of hydrogen-bond acceptors (Lipinski definition) is 1. The molecule has 1 rings (SSSR count). The maximum atomic E-state index is 10.7. The SMILES string of the molecule is C=C(C)CC1=CC(=O)CC1. The number of hydrogen-bond donors (Lipinski definition) is 0. The summed E-state index contributed by atoms with van der Waals surface area (Å²) in [6.45, 7) is 5.78. The van der Waals surface area contributed by atoms with E-state index in [1.807, 2.05) is 6.92 Å². The summed E-state index contributed by atoms with van der Waals surface area (Å²) in [5, 5.41) is 0. The zero-order chi connectivity index (χ0) is 7.56. The molecular weight excluding hydrogens is 124 g/mol. The lowest BCUT2D eigenvalue weighted by Gasteiger charge is -1.97. The molecule has 0 radical (unpaired) electrons. The highest BCUT2D eigenvalue weighted by Gasteiger charge is 2.10. The van der Waals surface area contributed by atoms with Crippen molar-refractivity contribution < 1.29 is 4.79 Å². The largest absolute Gasteiger partial charge is 0.295 e. The van der Waals surface area contributed by atoms with Crippen LogP contribution in [0.5, 0.6) is 0 Å². The van der Waals surface area contributed by atoms with Crippen molar-refractivity contribution in [3.8, 4) is 0 Å². The molecule has 0 heterocycles. The van der Waals surface area contributed by atoms with Crippen LogP contribution >= 0.6 is 0 Å². The molecule has 0 saturated heterocycles. The van der Waals surface area contributed by atoms with Gasteiger partial charge in [-0.1, -0.05) is 17.7 Å². The van der Waals surface area contributed by atoms with Crippen molar-refractivity contribution >= 4 is 5.78 Å². The lowest BCUT2D eigenvalue weighted by Crippen LogP contribution is -1.80. The van der Waals surface area contributed by atoms with Gasteiger partial charge in [-0.25, -0.2) is 0 Å². The topological polar surface area (TPSA) is 17.1 Å². The number of allylic oxidation sites excluding steroid dienone is 3. The fraction of sp³-hybridized carbons (Fsp3) is 0.444. The normalized spacial score (nSPS) is 17.3. The van der Waals surface area contributed by atoms with E-state index >= 15 is 0 Å². The lowest BCUT2D eigenvalue weighted by atomic mass is 10.1. The van der Waals surface area contributed by atoms with Crippen LogP contribution in [0.15, 0.2) is 23.8 Å². The van der Waals surface area contributed by atoms with E-state index in [0.717, 1.165) is 18.4 Å². The molecule has 0 spiro atoms. The first-order chi connectivity index (χ1) is 4.68. The van der Waals surface area contributed by atoms with Crippen LogP contribution < -0.4 is 0 Å². The fourth-order valence-corrected chi connectivity index (χ4v) is 1.18. The Hall–Kier alpha value is -0.850. The van der Waals surface area contributed by atoms with Crippen molar-refractivity contribution in [3.63, 3.8) is 0 Å². The summed E-state index contributed by atoms with van der Waals surface area (Å²) in [5.41, 5.74) is 2.39. The minimum absolute atomic E-state index is 0.274. The number of rotatable bonds is 2. The van der Waals surface area contributed by atoms with Gasteiger partial charge in [0.1, 0.15) is 0 Å². The number of ketones is 1. The smallest absolute Gasteiger partial charge is 0.155 e. The molecule has 1 nitrogen and oxygen atoms in total. The second-order valence-corrected chi connectivity index (χ2v) is 2.90. The summed E-state index contributed by atoms with van der Waals surface area (Å²) in [7, 11) is 0. The molecule has 0 aliphatic heterocycles. The van der Waals surface area contributed by atoms with Gasteiger partial charge in [-0.3, -0.25) is 4.79 Å². The maximum Gasteiger partial charge on any atom is 0.155 e. The highest BCUT2D eigenvalue weighted by molar-refractivity contribution is 5.93. The second-order valence-electron chi connectivity index (χ2n) is 2.90. The summed E-state index contributed by atoms with van der Waals surface area (Å²) in [6, 6.07) is 0. The van der Waals surface area contributed by atoms with E-state index in [4.69, 9.17) is 0 Å². The van der Waals surface area contributed by atoms with Gasteiger partial charge in [-0.2, -0.15) is 0 Å². The van der Waals surface area contributed by atoms with Gasteiger partial charge in [-0.05, 0) is 25.8 Å². The molecule has 0 fully saturated rings. The van der Waals surface area contributed by atoms with Crippen LogP contribution in [0.3, 0.4) is 0 Å². The van der Waals surface area contributed by atoms with Gasteiger partial charge in [-0.15, -0.1) is 0 Å². The lowest BCUT2D eigenvalue weighted by molar-refractivity contribution is -0.114. The first kappa shape index (κ1) is 7.26. The molecule has 1 aliphatic carbocycles. The van der Waals surface area contributed by atoms with Crippen LogP contribution in [-0.4, -0.2) is 5.78 Å². The van der Waals surface area contributed by atoms with Crippen LogP contribution in [0.25, 0.3) is 0 Å². The minimum Gasteiger partial charge on any atom is -0.295 e. The van der Waals surface area contributed by atoms with Crippen LogP contribution in [-0.2, 0) is 4.79 Å². The molecule has 0 aromatic carbocycles. The van der Waals surface area contributed by atoms with Gasteiger partial charge in [0.25, 0.3) is 0 Å². The van der Waals surface area contributed by atoms with Gasteiger partial charge in [0.15, 0.2) is 5.78 Å². The highest BCUT2D eigenvalue weighted by Crippen LogP contribution is 2.20. The third-order valence-electron chi connectivity index (χ3n) is 1.59. The zero-order valence-electron chi connectivity index (χ0n) is 6.31. The van der Waals surface area contributed by atoms with E-state index < -0.39 is 0 Å². The van der Waals surface area contributed by atoms with E-state index in [1.54, 1.807) is 6.08 Å². The molecule has 0 aromatic rings. The van der Waals surface area contributed by atoms with Crippen molar-refractivity contribution in [2.75, 3.05) is 0 Å². The molecule has 54 valence electrons. The molecule has 0 unspecified atom stereocenters. The van der Waals surface area contributed by atoms with Gasteiger partial charge in [0.05, 0.1) is 0 Å². The molecule has 0 aromatic heterocycles. The predicted molar refractivity (Wildman–Crippen MR) is 41.8 cm³/mol. The van der Waals surface area contributed by atoms with Gasteiger partial charge in [0, 0.05) is 6.42 Å². The number of carbonyl (C=O) groups is 1. The molecule has 0 saturated carbocycles. The molecule has 0 N–H and O–H groups in total. The summed E-state index contributed by atoms with van der Waals surface area (Å²) >= 11 is 0. The van der Waals surface area contributed by atoms with Crippen LogP contribution in [0.2, 0.25) is 0 Å². The molecule has 10 heavy (non-hydrogen) atoms. The molecule has 0 amide bonds. The Balaban J connectivity index is 2.50. The second kappa shape index (κ2) is 2.82. The standard InChI is InChI=1S/C9H12O/c1-7(2)5-8-3-4-9(10)6-8/h6H,1,3-5H2,2H3. The van der Waals surface area contributed by atoms with Crippen LogP contribution in [0, 0.1) is 0 Å². The van der Waals surface area contributed by atoms with E-state index in [-0.39, 0.29) is 5.78 Å². The zero-order valence-corrected chi connectivity index (χ0v) is 6.31. The van der Waals surface area contributed by atoms with E-state index in [2.05, 4.69) is 6.58 Å².